The van der Waals surface area contributed by atoms with Gasteiger partial charge in [-0.25, -0.2) is 0 Å². The van der Waals surface area contributed by atoms with E-state index in [-0.39, 0.29) is 18.3 Å². The Balaban J connectivity index is 0.00000147. The molecular formula is C15H22ClN3O. The second-order valence-corrected chi connectivity index (χ2v) is 5.62. The third kappa shape index (κ3) is 3.72. The number of benzene rings is 1. The zero-order valence-electron chi connectivity index (χ0n) is 11.5. The van der Waals surface area contributed by atoms with Gasteiger partial charge < -0.3 is 10.6 Å². The van der Waals surface area contributed by atoms with Crippen molar-refractivity contribution >= 4 is 24.0 Å². The molecule has 2 atom stereocenters. The molecule has 2 aliphatic heterocycles. The highest BCUT2D eigenvalue weighted by molar-refractivity contribution is 5.92. The first-order valence-corrected chi connectivity index (χ1v) is 7.09. The third-order valence-electron chi connectivity index (χ3n) is 4.21. The van der Waals surface area contributed by atoms with E-state index < -0.39 is 0 Å². The van der Waals surface area contributed by atoms with E-state index in [1.807, 2.05) is 30.3 Å². The number of para-hydroxylation sites is 1. The number of piperidine rings is 1. The molecule has 1 amide bonds. The summed E-state index contributed by atoms with van der Waals surface area (Å²) in [5.41, 5.74) is 0.880. The van der Waals surface area contributed by atoms with Gasteiger partial charge in [0.15, 0.2) is 0 Å². The quantitative estimate of drug-likeness (QED) is 0.890. The molecule has 3 rings (SSSR count). The molecule has 1 aromatic rings. The molecule has 2 saturated heterocycles. The lowest BCUT2D eigenvalue weighted by atomic mass is 9.89. The first-order valence-electron chi connectivity index (χ1n) is 7.09. The van der Waals surface area contributed by atoms with Crippen LogP contribution in [0.15, 0.2) is 30.3 Å². The summed E-state index contributed by atoms with van der Waals surface area (Å²) in [7, 11) is 0. The fourth-order valence-electron chi connectivity index (χ4n) is 3.18. The molecule has 110 valence electrons. The van der Waals surface area contributed by atoms with Gasteiger partial charge in [0.05, 0.1) is 6.54 Å². The highest BCUT2D eigenvalue weighted by Crippen LogP contribution is 2.26. The van der Waals surface area contributed by atoms with E-state index in [9.17, 15) is 4.79 Å². The minimum absolute atomic E-state index is 0. The van der Waals surface area contributed by atoms with E-state index in [0.29, 0.717) is 6.54 Å². The van der Waals surface area contributed by atoms with Crippen molar-refractivity contribution in [3.63, 3.8) is 0 Å². The molecule has 2 heterocycles. The van der Waals surface area contributed by atoms with Crippen LogP contribution < -0.4 is 10.6 Å². The Labute approximate surface area is 126 Å². The molecule has 4 nitrogen and oxygen atoms in total. The largest absolute Gasteiger partial charge is 0.325 e. The standard InChI is InChI=1S/C15H21N3O.ClH/c19-15(17-14-4-2-1-3-5-14)11-18-7-6-12-8-16-9-13(12)10-18;/h1-5,12-13,16H,6-11H2,(H,17,19);1H. The Morgan fingerprint density at radius 2 is 2.00 bits per heavy atom. The summed E-state index contributed by atoms with van der Waals surface area (Å²) < 4.78 is 0. The smallest absolute Gasteiger partial charge is 0.238 e. The zero-order valence-corrected chi connectivity index (χ0v) is 12.4. The van der Waals surface area contributed by atoms with Gasteiger partial charge in [0.2, 0.25) is 5.91 Å². The van der Waals surface area contributed by atoms with E-state index in [1.165, 1.54) is 6.42 Å². The van der Waals surface area contributed by atoms with Crippen molar-refractivity contribution in [2.24, 2.45) is 11.8 Å². The van der Waals surface area contributed by atoms with Crippen molar-refractivity contribution in [1.82, 2.24) is 10.2 Å². The molecule has 2 fully saturated rings. The van der Waals surface area contributed by atoms with Crippen LogP contribution in [0.25, 0.3) is 0 Å². The van der Waals surface area contributed by atoms with E-state index in [1.54, 1.807) is 0 Å². The number of hydrogen-bond acceptors (Lipinski definition) is 3. The van der Waals surface area contributed by atoms with E-state index in [2.05, 4.69) is 15.5 Å². The van der Waals surface area contributed by atoms with Gasteiger partial charge in [-0.3, -0.25) is 9.69 Å². The van der Waals surface area contributed by atoms with Crippen LogP contribution in [0.4, 0.5) is 5.69 Å². The van der Waals surface area contributed by atoms with Gasteiger partial charge in [-0.2, -0.15) is 0 Å². The van der Waals surface area contributed by atoms with Gasteiger partial charge in [0, 0.05) is 12.2 Å². The molecule has 2 N–H and O–H groups in total. The molecule has 1 aromatic carbocycles. The van der Waals surface area contributed by atoms with Crippen LogP contribution in [0.3, 0.4) is 0 Å². The lowest BCUT2D eigenvalue weighted by Gasteiger charge is -2.33. The minimum atomic E-state index is 0. The molecule has 5 heteroatoms. The van der Waals surface area contributed by atoms with Crippen LogP contribution in [0.2, 0.25) is 0 Å². The number of amides is 1. The maximum absolute atomic E-state index is 12.0. The SMILES string of the molecule is Cl.O=C(CN1CCC2CNCC2C1)Nc1ccccc1. The van der Waals surface area contributed by atoms with Crippen molar-refractivity contribution in [2.75, 3.05) is 38.0 Å². The van der Waals surface area contributed by atoms with Crippen LogP contribution in [0.1, 0.15) is 6.42 Å². The van der Waals surface area contributed by atoms with Gasteiger partial charge in [-0.1, -0.05) is 18.2 Å². The lowest BCUT2D eigenvalue weighted by Crippen LogP contribution is -2.43. The number of halogens is 1. The first kappa shape index (κ1) is 15.3. The van der Waals surface area contributed by atoms with Crippen molar-refractivity contribution < 1.29 is 4.79 Å². The van der Waals surface area contributed by atoms with Gasteiger partial charge in [-0.05, 0) is 50.0 Å². The Morgan fingerprint density at radius 3 is 2.80 bits per heavy atom. The van der Waals surface area contributed by atoms with Crippen molar-refractivity contribution in [3.05, 3.63) is 30.3 Å². The molecule has 0 bridgehead atoms. The molecule has 0 spiro atoms. The number of carbonyl (C=O) groups excluding carboxylic acids is 1. The number of anilines is 1. The predicted octanol–water partition coefficient (Wildman–Crippen LogP) is 1.59. The Hall–Kier alpha value is -1.10. The number of nitrogens with zero attached hydrogens (tertiary/aromatic N) is 1. The predicted molar refractivity (Wildman–Crippen MR) is 83.2 cm³/mol. The van der Waals surface area contributed by atoms with E-state index >= 15 is 0 Å². The number of hydrogen-bond donors (Lipinski definition) is 2. The summed E-state index contributed by atoms with van der Waals surface area (Å²) in [6, 6.07) is 9.67. The maximum atomic E-state index is 12.0. The highest BCUT2D eigenvalue weighted by atomic mass is 35.5. The normalized spacial score (nSPS) is 25.6. The van der Waals surface area contributed by atoms with Crippen molar-refractivity contribution in [2.45, 2.75) is 6.42 Å². The van der Waals surface area contributed by atoms with E-state index in [4.69, 9.17) is 0 Å². The number of likely N-dealkylation sites (tertiary alicyclic amines) is 1. The monoisotopic (exact) mass is 295 g/mol. The molecule has 2 aliphatic rings. The average Bonchev–Trinajstić information content (AvgIpc) is 2.87. The number of nitrogens with one attached hydrogen (secondary N) is 2. The average molecular weight is 296 g/mol. The minimum Gasteiger partial charge on any atom is -0.325 e. The Bertz CT molecular complexity index is 440. The summed E-state index contributed by atoms with van der Waals surface area (Å²) in [5, 5.41) is 6.40. The summed E-state index contributed by atoms with van der Waals surface area (Å²) in [6.07, 6.45) is 1.22. The molecule has 0 saturated carbocycles. The van der Waals surface area contributed by atoms with Crippen LogP contribution in [-0.2, 0) is 4.79 Å². The molecule has 2 unspecified atom stereocenters. The number of rotatable bonds is 3. The Morgan fingerprint density at radius 1 is 1.25 bits per heavy atom. The van der Waals surface area contributed by atoms with Crippen LogP contribution in [0.5, 0.6) is 0 Å². The second kappa shape index (κ2) is 7.07. The highest BCUT2D eigenvalue weighted by Gasteiger charge is 2.33. The molecule has 0 aromatic heterocycles. The fraction of sp³-hybridized carbons (Fsp3) is 0.533. The third-order valence-corrected chi connectivity index (χ3v) is 4.21. The van der Waals surface area contributed by atoms with Crippen LogP contribution in [0, 0.1) is 11.8 Å². The summed E-state index contributed by atoms with van der Waals surface area (Å²) in [5.74, 6) is 1.65. The van der Waals surface area contributed by atoms with Gasteiger partial charge in [0.1, 0.15) is 0 Å². The molecular weight excluding hydrogens is 274 g/mol. The maximum Gasteiger partial charge on any atom is 0.238 e. The van der Waals surface area contributed by atoms with E-state index in [0.717, 1.165) is 43.7 Å². The summed E-state index contributed by atoms with van der Waals surface area (Å²) in [6.45, 7) is 4.89. The molecule has 20 heavy (non-hydrogen) atoms. The lowest BCUT2D eigenvalue weighted by molar-refractivity contribution is -0.117. The van der Waals surface area contributed by atoms with Gasteiger partial charge in [-0.15, -0.1) is 12.4 Å². The summed E-state index contributed by atoms with van der Waals surface area (Å²) >= 11 is 0. The van der Waals surface area contributed by atoms with Gasteiger partial charge in [0.25, 0.3) is 0 Å². The molecule has 0 aliphatic carbocycles. The Kier molecular flexibility index (Phi) is 5.40. The second-order valence-electron chi connectivity index (χ2n) is 5.62. The zero-order chi connectivity index (χ0) is 13.1. The van der Waals surface area contributed by atoms with Crippen LogP contribution in [-0.4, -0.2) is 43.5 Å². The van der Waals surface area contributed by atoms with Crippen molar-refractivity contribution in [3.8, 4) is 0 Å². The summed E-state index contributed by atoms with van der Waals surface area (Å²) in [4.78, 5) is 14.3. The number of carbonyl (C=O) groups is 1. The topological polar surface area (TPSA) is 44.4 Å². The van der Waals surface area contributed by atoms with Crippen LogP contribution >= 0.6 is 12.4 Å². The fourth-order valence-corrected chi connectivity index (χ4v) is 3.18. The number of fused-ring (bicyclic) bond motifs is 1. The van der Waals surface area contributed by atoms with Gasteiger partial charge >= 0.3 is 0 Å². The first-order chi connectivity index (χ1) is 9.31. The molecule has 0 radical (unpaired) electrons. The van der Waals surface area contributed by atoms with Crippen molar-refractivity contribution in [1.29, 1.82) is 0 Å².